The maximum absolute atomic E-state index is 10.2. The fourth-order valence-electron chi connectivity index (χ4n) is 0.628. The highest BCUT2D eigenvalue weighted by atomic mass is 32.1. The van der Waals surface area contributed by atoms with Crippen LogP contribution in [0.1, 0.15) is 5.01 Å². The van der Waals surface area contributed by atoms with Gasteiger partial charge >= 0.3 is 7.82 Å². The predicted molar refractivity (Wildman–Crippen MR) is 43.8 cm³/mol. The molecule has 0 aromatic carbocycles. The third-order valence-corrected chi connectivity index (χ3v) is 2.42. The molecule has 1 heterocycles. The Balaban J connectivity index is 2.24. The first-order chi connectivity index (χ1) is 5.58. The molecule has 1 rings (SSSR count). The minimum absolute atomic E-state index is 0.00219. The molecule has 0 bridgehead atoms. The van der Waals surface area contributed by atoms with Crippen molar-refractivity contribution >= 4 is 19.2 Å². The number of phosphoric acid groups is 1. The van der Waals surface area contributed by atoms with Crippen molar-refractivity contribution in [1.29, 1.82) is 0 Å². The second-order valence-electron chi connectivity index (χ2n) is 2.00. The molecule has 0 atom stereocenters. The molecule has 0 aliphatic heterocycles. The number of hydrogen-bond donors (Lipinski definition) is 2. The summed E-state index contributed by atoms with van der Waals surface area (Å²) >= 11 is 1.43. The molecular weight excluding hydrogens is 201 g/mol. The van der Waals surface area contributed by atoms with E-state index < -0.39 is 7.82 Å². The average Bonchev–Trinajstić information content (AvgIpc) is 2.36. The fraction of sp³-hybridized carbons (Fsp3) is 0.400. The lowest BCUT2D eigenvalue weighted by Crippen LogP contribution is -1.95. The first-order valence-electron chi connectivity index (χ1n) is 3.16. The van der Waals surface area contributed by atoms with Crippen molar-refractivity contribution in [2.45, 2.75) is 6.42 Å². The van der Waals surface area contributed by atoms with Gasteiger partial charge in [-0.25, -0.2) is 9.55 Å². The standard InChI is InChI=1S/C5H8NO4PS/c7-11(8,9)10-3-1-5-6-2-4-12-5/h2,4H,1,3H2,(H2,7,8,9). The van der Waals surface area contributed by atoms with Crippen LogP contribution in [0.2, 0.25) is 0 Å². The zero-order valence-electron chi connectivity index (χ0n) is 6.08. The number of thiazole rings is 1. The van der Waals surface area contributed by atoms with Gasteiger partial charge in [-0.15, -0.1) is 11.3 Å². The zero-order chi connectivity index (χ0) is 9.03. The van der Waals surface area contributed by atoms with Gasteiger partial charge in [0.25, 0.3) is 0 Å². The van der Waals surface area contributed by atoms with Crippen LogP contribution in [0.4, 0.5) is 0 Å². The first-order valence-corrected chi connectivity index (χ1v) is 5.57. The molecule has 0 aliphatic carbocycles. The summed E-state index contributed by atoms with van der Waals surface area (Å²) < 4.78 is 14.5. The van der Waals surface area contributed by atoms with E-state index in [1.165, 1.54) is 11.3 Å². The molecule has 0 spiro atoms. The summed E-state index contributed by atoms with van der Waals surface area (Å²) in [6, 6.07) is 0. The van der Waals surface area contributed by atoms with Gasteiger partial charge in [0.1, 0.15) is 0 Å². The summed E-state index contributed by atoms with van der Waals surface area (Å²) in [5, 5.41) is 2.61. The molecule has 0 saturated carbocycles. The predicted octanol–water partition coefficient (Wildman–Crippen LogP) is 0.795. The average molecular weight is 209 g/mol. The van der Waals surface area contributed by atoms with Crippen LogP contribution in [0.15, 0.2) is 11.6 Å². The minimum Gasteiger partial charge on any atom is -0.303 e. The molecule has 0 radical (unpaired) electrons. The van der Waals surface area contributed by atoms with E-state index in [2.05, 4.69) is 9.51 Å². The quantitative estimate of drug-likeness (QED) is 0.717. The maximum Gasteiger partial charge on any atom is 0.469 e. The van der Waals surface area contributed by atoms with Crippen LogP contribution in [0, 0.1) is 0 Å². The summed E-state index contributed by atoms with van der Waals surface area (Å²) in [6.07, 6.45) is 2.07. The molecule has 0 fully saturated rings. The van der Waals surface area contributed by atoms with Crippen molar-refractivity contribution in [3.63, 3.8) is 0 Å². The van der Waals surface area contributed by atoms with Gasteiger partial charge in [0, 0.05) is 18.0 Å². The number of phosphoric ester groups is 1. The maximum atomic E-state index is 10.2. The molecule has 12 heavy (non-hydrogen) atoms. The summed E-state index contributed by atoms with van der Waals surface area (Å²) in [5.74, 6) is 0. The Labute approximate surface area is 73.3 Å². The zero-order valence-corrected chi connectivity index (χ0v) is 7.79. The summed E-state index contributed by atoms with van der Waals surface area (Å²) in [4.78, 5) is 20.6. The molecule has 2 N–H and O–H groups in total. The van der Waals surface area contributed by atoms with Gasteiger partial charge in [-0.05, 0) is 0 Å². The lowest BCUT2D eigenvalue weighted by Gasteiger charge is -2.02. The lowest BCUT2D eigenvalue weighted by atomic mass is 10.5. The summed E-state index contributed by atoms with van der Waals surface area (Å²) in [6.45, 7) is -0.00219. The topological polar surface area (TPSA) is 79.7 Å². The largest absolute Gasteiger partial charge is 0.469 e. The van der Waals surface area contributed by atoms with Crippen LogP contribution in [-0.4, -0.2) is 21.4 Å². The fourth-order valence-corrected chi connectivity index (χ4v) is 1.56. The highest BCUT2D eigenvalue weighted by Crippen LogP contribution is 2.35. The molecule has 1 aromatic rings. The highest BCUT2D eigenvalue weighted by molar-refractivity contribution is 7.46. The third kappa shape index (κ3) is 3.94. The number of rotatable bonds is 4. The Hall–Kier alpha value is -0.260. The Morgan fingerprint density at radius 3 is 2.92 bits per heavy atom. The van der Waals surface area contributed by atoms with Crippen LogP contribution in [0.25, 0.3) is 0 Å². The Morgan fingerprint density at radius 2 is 2.42 bits per heavy atom. The van der Waals surface area contributed by atoms with Gasteiger partial charge in [-0.3, -0.25) is 4.52 Å². The van der Waals surface area contributed by atoms with Crippen LogP contribution in [0.3, 0.4) is 0 Å². The number of aromatic nitrogens is 1. The van der Waals surface area contributed by atoms with Crippen molar-refractivity contribution < 1.29 is 18.9 Å². The molecule has 0 unspecified atom stereocenters. The van der Waals surface area contributed by atoms with E-state index in [4.69, 9.17) is 9.79 Å². The molecule has 7 heteroatoms. The lowest BCUT2D eigenvalue weighted by molar-refractivity contribution is 0.199. The third-order valence-electron chi connectivity index (χ3n) is 1.06. The minimum atomic E-state index is -4.31. The second-order valence-corrected chi connectivity index (χ2v) is 4.22. The Kier molecular flexibility index (Phi) is 3.37. The van der Waals surface area contributed by atoms with Crippen LogP contribution >= 0.6 is 19.2 Å². The van der Waals surface area contributed by atoms with Crippen molar-refractivity contribution in [2.24, 2.45) is 0 Å². The van der Waals surface area contributed by atoms with E-state index in [0.29, 0.717) is 6.42 Å². The van der Waals surface area contributed by atoms with Crippen molar-refractivity contribution in [2.75, 3.05) is 6.61 Å². The van der Waals surface area contributed by atoms with E-state index in [1.807, 2.05) is 0 Å². The van der Waals surface area contributed by atoms with Crippen LogP contribution < -0.4 is 0 Å². The molecule has 68 valence electrons. The van der Waals surface area contributed by atoms with E-state index in [1.54, 1.807) is 11.6 Å². The SMILES string of the molecule is O=P(O)(O)OCCc1nccs1. The van der Waals surface area contributed by atoms with Gasteiger partial charge in [-0.2, -0.15) is 0 Å². The Morgan fingerprint density at radius 1 is 1.67 bits per heavy atom. The van der Waals surface area contributed by atoms with Gasteiger partial charge in [0.05, 0.1) is 11.6 Å². The highest BCUT2D eigenvalue weighted by Gasteiger charge is 2.12. The molecule has 0 saturated heterocycles. The molecule has 0 amide bonds. The summed E-state index contributed by atoms with van der Waals surface area (Å²) in [7, 11) is -4.31. The number of nitrogens with zero attached hydrogens (tertiary/aromatic N) is 1. The van der Waals surface area contributed by atoms with E-state index >= 15 is 0 Å². The van der Waals surface area contributed by atoms with Gasteiger partial charge in [0.2, 0.25) is 0 Å². The number of hydrogen-bond acceptors (Lipinski definition) is 4. The second kappa shape index (κ2) is 4.11. The van der Waals surface area contributed by atoms with Crippen molar-refractivity contribution in [3.8, 4) is 0 Å². The first kappa shape index (κ1) is 9.83. The smallest absolute Gasteiger partial charge is 0.303 e. The normalized spacial score (nSPS) is 11.8. The van der Waals surface area contributed by atoms with Gasteiger partial charge in [-0.1, -0.05) is 0 Å². The van der Waals surface area contributed by atoms with Gasteiger partial charge in [0.15, 0.2) is 0 Å². The molecule has 5 nitrogen and oxygen atoms in total. The molecule has 1 aromatic heterocycles. The monoisotopic (exact) mass is 209 g/mol. The van der Waals surface area contributed by atoms with E-state index in [-0.39, 0.29) is 6.61 Å². The van der Waals surface area contributed by atoms with Crippen LogP contribution in [0.5, 0.6) is 0 Å². The Bertz CT molecular complexity index is 269. The molecule has 0 aliphatic rings. The van der Waals surface area contributed by atoms with Crippen LogP contribution in [-0.2, 0) is 15.5 Å². The molecular formula is C5H8NO4PS. The van der Waals surface area contributed by atoms with E-state index in [0.717, 1.165) is 5.01 Å². The van der Waals surface area contributed by atoms with Gasteiger partial charge < -0.3 is 9.79 Å². The summed E-state index contributed by atoms with van der Waals surface area (Å²) in [5.41, 5.74) is 0. The van der Waals surface area contributed by atoms with E-state index in [9.17, 15) is 4.57 Å². The van der Waals surface area contributed by atoms with Crippen molar-refractivity contribution in [3.05, 3.63) is 16.6 Å². The van der Waals surface area contributed by atoms with Crippen molar-refractivity contribution in [1.82, 2.24) is 4.98 Å².